The summed E-state index contributed by atoms with van der Waals surface area (Å²) in [6, 6.07) is 4.63. The summed E-state index contributed by atoms with van der Waals surface area (Å²) in [5.41, 5.74) is 1.01. The van der Waals surface area contributed by atoms with Crippen LogP contribution in [0.5, 0.6) is 0 Å². The molecule has 17 heavy (non-hydrogen) atoms. The molecule has 0 nitrogen and oxygen atoms in total. The van der Waals surface area contributed by atoms with E-state index in [1.165, 1.54) is 18.6 Å². The van der Waals surface area contributed by atoms with Crippen molar-refractivity contribution in [2.24, 2.45) is 11.8 Å². The SMILES string of the molecule is CC1CCC(Cl)C(Cc2ccc(F)cc2Cl)C1. The summed E-state index contributed by atoms with van der Waals surface area (Å²) in [6.45, 7) is 2.27. The van der Waals surface area contributed by atoms with Crippen molar-refractivity contribution < 1.29 is 4.39 Å². The molecule has 1 saturated carbocycles. The zero-order chi connectivity index (χ0) is 12.4. The molecule has 1 aliphatic rings. The van der Waals surface area contributed by atoms with Gasteiger partial charge in [0.1, 0.15) is 5.82 Å². The average Bonchev–Trinajstić information content (AvgIpc) is 2.27. The molecular formula is C14H17Cl2F. The van der Waals surface area contributed by atoms with Crippen molar-refractivity contribution in [1.82, 2.24) is 0 Å². The highest BCUT2D eigenvalue weighted by Gasteiger charge is 2.27. The van der Waals surface area contributed by atoms with E-state index in [2.05, 4.69) is 6.92 Å². The fourth-order valence-electron chi connectivity index (χ4n) is 2.64. The van der Waals surface area contributed by atoms with Gasteiger partial charge in [0.15, 0.2) is 0 Å². The van der Waals surface area contributed by atoms with E-state index in [0.29, 0.717) is 10.9 Å². The molecule has 1 aromatic rings. The van der Waals surface area contributed by atoms with E-state index in [1.54, 1.807) is 6.07 Å². The molecule has 0 bridgehead atoms. The maximum absolute atomic E-state index is 13.0. The fraction of sp³-hybridized carbons (Fsp3) is 0.571. The third-order valence-electron chi connectivity index (χ3n) is 3.65. The Morgan fingerprint density at radius 2 is 2.12 bits per heavy atom. The topological polar surface area (TPSA) is 0 Å². The van der Waals surface area contributed by atoms with Crippen LogP contribution in [0, 0.1) is 17.7 Å². The molecule has 0 N–H and O–H groups in total. The van der Waals surface area contributed by atoms with Crippen LogP contribution >= 0.6 is 23.2 Å². The number of halogens is 3. The van der Waals surface area contributed by atoms with E-state index in [4.69, 9.17) is 23.2 Å². The van der Waals surface area contributed by atoms with E-state index in [9.17, 15) is 4.39 Å². The van der Waals surface area contributed by atoms with Crippen molar-refractivity contribution >= 4 is 23.2 Å². The second-order valence-corrected chi connectivity index (χ2v) is 6.10. The fourth-order valence-corrected chi connectivity index (χ4v) is 3.21. The van der Waals surface area contributed by atoms with Crippen molar-refractivity contribution in [2.75, 3.05) is 0 Å². The molecule has 3 unspecified atom stereocenters. The average molecular weight is 275 g/mol. The molecule has 0 aliphatic heterocycles. The highest BCUT2D eigenvalue weighted by molar-refractivity contribution is 6.31. The number of benzene rings is 1. The minimum Gasteiger partial charge on any atom is -0.207 e. The second-order valence-electron chi connectivity index (χ2n) is 5.13. The van der Waals surface area contributed by atoms with Gasteiger partial charge in [0.25, 0.3) is 0 Å². The molecule has 0 amide bonds. The van der Waals surface area contributed by atoms with E-state index in [1.807, 2.05) is 0 Å². The predicted octanol–water partition coefficient (Wildman–Crippen LogP) is 5.07. The normalized spacial score (nSPS) is 29.3. The lowest BCUT2D eigenvalue weighted by Gasteiger charge is -2.31. The third kappa shape index (κ3) is 3.35. The summed E-state index contributed by atoms with van der Waals surface area (Å²) in [5.74, 6) is 0.913. The number of hydrogen-bond acceptors (Lipinski definition) is 0. The lowest BCUT2D eigenvalue weighted by Crippen LogP contribution is -2.26. The smallest absolute Gasteiger partial charge is 0.124 e. The van der Waals surface area contributed by atoms with Crippen LogP contribution in [0.25, 0.3) is 0 Å². The molecule has 94 valence electrons. The molecule has 3 heteroatoms. The Morgan fingerprint density at radius 1 is 1.35 bits per heavy atom. The molecule has 0 aromatic heterocycles. The van der Waals surface area contributed by atoms with Gasteiger partial charge >= 0.3 is 0 Å². The van der Waals surface area contributed by atoms with Crippen molar-refractivity contribution in [3.05, 3.63) is 34.6 Å². The quantitative estimate of drug-likeness (QED) is 0.661. The minimum absolute atomic E-state index is 0.229. The Morgan fingerprint density at radius 3 is 2.82 bits per heavy atom. The highest BCUT2D eigenvalue weighted by atomic mass is 35.5. The Hall–Kier alpha value is -0.270. The minimum atomic E-state index is -0.279. The summed E-state index contributed by atoms with van der Waals surface area (Å²) in [6.07, 6.45) is 4.29. The first kappa shape index (κ1) is 13.2. The van der Waals surface area contributed by atoms with Crippen molar-refractivity contribution in [3.63, 3.8) is 0 Å². The molecule has 1 aliphatic carbocycles. The molecule has 0 radical (unpaired) electrons. The lowest BCUT2D eigenvalue weighted by molar-refractivity contribution is 0.287. The van der Waals surface area contributed by atoms with Gasteiger partial charge in [-0.25, -0.2) is 4.39 Å². The van der Waals surface area contributed by atoms with Crippen molar-refractivity contribution in [3.8, 4) is 0 Å². The molecular weight excluding hydrogens is 258 g/mol. The van der Waals surface area contributed by atoms with Crippen molar-refractivity contribution in [1.29, 1.82) is 0 Å². The van der Waals surface area contributed by atoms with Crippen LogP contribution in [-0.4, -0.2) is 5.38 Å². The number of rotatable bonds is 2. The first-order valence-corrected chi connectivity index (χ1v) is 6.95. The van der Waals surface area contributed by atoms with Gasteiger partial charge in [-0.05, 0) is 55.2 Å². The van der Waals surface area contributed by atoms with Gasteiger partial charge in [0, 0.05) is 10.4 Å². The van der Waals surface area contributed by atoms with Crippen LogP contribution in [0.2, 0.25) is 5.02 Å². The van der Waals surface area contributed by atoms with E-state index < -0.39 is 0 Å². The number of hydrogen-bond donors (Lipinski definition) is 0. The van der Waals surface area contributed by atoms with Gasteiger partial charge in [0.05, 0.1) is 0 Å². The van der Waals surface area contributed by atoms with Gasteiger partial charge in [-0.2, -0.15) is 0 Å². The Bertz CT molecular complexity index is 392. The van der Waals surface area contributed by atoms with Crippen LogP contribution in [-0.2, 0) is 6.42 Å². The highest BCUT2D eigenvalue weighted by Crippen LogP contribution is 2.35. The Balaban J connectivity index is 2.08. The Labute approximate surface area is 112 Å². The zero-order valence-electron chi connectivity index (χ0n) is 9.93. The molecule has 1 aromatic carbocycles. The molecule has 0 saturated heterocycles. The van der Waals surface area contributed by atoms with Crippen LogP contribution < -0.4 is 0 Å². The number of alkyl halides is 1. The van der Waals surface area contributed by atoms with Gasteiger partial charge in [0.2, 0.25) is 0 Å². The Kier molecular flexibility index (Phi) is 4.32. The van der Waals surface area contributed by atoms with Crippen LogP contribution in [0.4, 0.5) is 4.39 Å². The summed E-state index contributed by atoms with van der Waals surface area (Å²) in [4.78, 5) is 0. The first-order chi connectivity index (χ1) is 8.06. The predicted molar refractivity (Wildman–Crippen MR) is 71.3 cm³/mol. The maximum Gasteiger partial charge on any atom is 0.124 e. The monoisotopic (exact) mass is 274 g/mol. The summed E-state index contributed by atoms with van der Waals surface area (Å²) in [5, 5.41) is 0.749. The van der Waals surface area contributed by atoms with Crippen LogP contribution in [0.1, 0.15) is 31.7 Å². The summed E-state index contributed by atoms with van der Waals surface area (Å²) in [7, 11) is 0. The lowest BCUT2D eigenvalue weighted by atomic mass is 9.79. The summed E-state index contributed by atoms with van der Waals surface area (Å²) >= 11 is 12.4. The van der Waals surface area contributed by atoms with Gasteiger partial charge in [-0.15, -0.1) is 11.6 Å². The third-order valence-corrected chi connectivity index (χ3v) is 4.58. The standard InChI is InChI=1S/C14H17Cl2F/c1-9-2-5-13(15)11(6-9)7-10-3-4-12(17)8-14(10)16/h3-4,8-9,11,13H,2,5-7H2,1H3. The zero-order valence-corrected chi connectivity index (χ0v) is 11.4. The van der Waals surface area contributed by atoms with Gasteiger partial charge in [-0.3, -0.25) is 0 Å². The van der Waals surface area contributed by atoms with E-state index >= 15 is 0 Å². The molecule has 3 atom stereocenters. The van der Waals surface area contributed by atoms with Crippen molar-refractivity contribution in [2.45, 2.75) is 38.0 Å². The van der Waals surface area contributed by atoms with Crippen LogP contribution in [0.15, 0.2) is 18.2 Å². The first-order valence-electron chi connectivity index (χ1n) is 6.14. The summed E-state index contributed by atoms with van der Waals surface area (Å²) < 4.78 is 13.0. The van der Waals surface area contributed by atoms with Crippen LogP contribution in [0.3, 0.4) is 0 Å². The van der Waals surface area contributed by atoms with Gasteiger partial charge in [-0.1, -0.05) is 24.6 Å². The van der Waals surface area contributed by atoms with Gasteiger partial charge < -0.3 is 0 Å². The molecule has 0 spiro atoms. The largest absolute Gasteiger partial charge is 0.207 e. The maximum atomic E-state index is 13.0. The molecule has 1 fully saturated rings. The molecule has 2 rings (SSSR count). The molecule has 0 heterocycles. The van der Waals surface area contributed by atoms with E-state index in [0.717, 1.165) is 30.7 Å². The second kappa shape index (κ2) is 5.58. The van der Waals surface area contributed by atoms with E-state index in [-0.39, 0.29) is 11.2 Å².